The maximum atomic E-state index is 8.86. The van der Waals surface area contributed by atoms with E-state index in [1.165, 1.54) is 0 Å². The van der Waals surface area contributed by atoms with Gasteiger partial charge in [0.05, 0.1) is 12.3 Å². The van der Waals surface area contributed by atoms with Crippen LogP contribution in [0, 0.1) is 0 Å². The topological polar surface area (TPSA) is 51.1 Å². The van der Waals surface area contributed by atoms with Gasteiger partial charge in [-0.2, -0.15) is 0 Å². The van der Waals surface area contributed by atoms with E-state index in [1.807, 2.05) is 18.2 Å². The minimum Gasteiger partial charge on any atom is -0.454 e. The second-order valence-corrected chi connectivity index (χ2v) is 3.28. The number of nitrogens with zero attached hydrogens (tertiary/aromatic N) is 1. The summed E-state index contributed by atoms with van der Waals surface area (Å²) in [6, 6.07) is 5.70. The van der Waals surface area contributed by atoms with Crippen molar-refractivity contribution in [3.63, 3.8) is 0 Å². The highest BCUT2D eigenvalue weighted by Crippen LogP contribution is 2.34. The molecule has 1 N–H and O–H groups in total. The third-order valence-corrected chi connectivity index (χ3v) is 2.38. The Labute approximate surface area is 80.8 Å². The SMILES string of the molecule is OC[C@H]1N=C1c1ccc2c(c1)OCO2. The summed E-state index contributed by atoms with van der Waals surface area (Å²) in [6.45, 7) is 0.373. The molecule has 4 nitrogen and oxygen atoms in total. The fraction of sp³-hybridized carbons (Fsp3) is 0.300. The van der Waals surface area contributed by atoms with Crippen LogP contribution in [-0.2, 0) is 0 Å². The summed E-state index contributed by atoms with van der Waals surface area (Å²) >= 11 is 0. The van der Waals surface area contributed by atoms with Gasteiger partial charge in [0.25, 0.3) is 0 Å². The minimum atomic E-state index is -0.00429. The van der Waals surface area contributed by atoms with Gasteiger partial charge in [-0.1, -0.05) is 0 Å². The van der Waals surface area contributed by atoms with Crippen LogP contribution in [0.4, 0.5) is 0 Å². The summed E-state index contributed by atoms with van der Waals surface area (Å²) in [6.07, 6.45) is 0. The van der Waals surface area contributed by atoms with E-state index < -0.39 is 0 Å². The van der Waals surface area contributed by atoms with Crippen molar-refractivity contribution in [2.24, 2.45) is 4.99 Å². The van der Waals surface area contributed by atoms with Crippen molar-refractivity contribution in [2.45, 2.75) is 6.04 Å². The Morgan fingerprint density at radius 2 is 2.21 bits per heavy atom. The Morgan fingerprint density at radius 3 is 3.00 bits per heavy atom. The van der Waals surface area contributed by atoms with Crippen LogP contribution < -0.4 is 9.47 Å². The normalized spacial score (nSPS) is 22.1. The second-order valence-electron chi connectivity index (χ2n) is 3.28. The highest BCUT2D eigenvalue weighted by Gasteiger charge is 2.29. The summed E-state index contributed by atoms with van der Waals surface area (Å²) in [7, 11) is 0. The fourth-order valence-electron chi connectivity index (χ4n) is 1.58. The zero-order valence-corrected chi connectivity index (χ0v) is 7.43. The third-order valence-electron chi connectivity index (χ3n) is 2.38. The monoisotopic (exact) mass is 191 g/mol. The van der Waals surface area contributed by atoms with Gasteiger partial charge < -0.3 is 14.6 Å². The van der Waals surface area contributed by atoms with E-state index in [1.54, 1.807) is 0 Å². The Hall–Kier alpha value is -1.55. The van der Waals surface area contributed by atoms with Crippen molar-refractivity contribution in [1.29, 1.82) is 0 Å². The quantitative estimate of drug-likeness (QED) is 0.743. The summed E-state index contributed by atoms with van der Waals surface area (Å²) in [5.41, 5.74) is 1.96. The molecule has 1 atom stereocenters. The molecule has 2 heterocycles. The first-order valence-electron chi connectivity index (χ1n) is 4.47. The molecule has 0 saturated heterocycles. The van der Waals surface area contributed by atoms with Gasteiger partial charge in [-0.05, 0) is 18.2 Å². The molecule has 0 saturated carbocycles. The van der Waals surface area contributed by atoms with Gasteiger partial charge in [0.15, 0.2) is 11.5 Å². The lowest BCUT2D eigenvalue weighted by Crippen LogP contribution is -2.03. The molecule has 14 heavy (non-hydrogen) atoms. The van der Waals surface area contributed by atoms with E-state index in [2.05, 4.69) is 4.99 Å². The number of aliphatic hydroxyl groups is 1. The van der Waals surface area contributed by atoms with E-state index in [0.717, 1.165) is 22.8 Å². The zero-order valence-electron chi connectivity index (χ0n) is 7.43. The maximum absolute atomic E-state index is 8.86. The van der Waals surface area contributed by atoms with Crippen molar-refractivity contribution >= 4 is 5.71 Å². The maximum Gasteiger partial charge on any atom is 0.231 e. The molecule has 1 aromatic carbocycles. The van der Waals surface area contributed by atoms with E-state index in [4.69, 9.17) is 14.6 Å². The largest absolute Gasteiger partial charge is 0.454 e. The Bertz CT molecular complexity index is 414. The number of hydrogen-bond donors (Lipinski definition) is 1. The molecular weight excluding hydrogens is 182 g/mol. The summed E-state index contributed by atoms with van der Waals surface area (Å²) in [5, 5.41) is 8.86. The number of ether oxygens (including phenoxy) is 2. The van der Waals surface area contributed by atoms with Crippen molar-refractivity contribution in [2.75, 3.05) is 13.4 Å². The zero-order chi connectivity index (χ0) is 9.54. The second kappa shape index (κ2) is 2.72. The van der Waals surface area contributed by atoms with Crippen molar-refractivity contribution in [1.82, 2.24) is 0 Å². The van der Waals surface area contributed by atoms with Crippen LogP contribution in [0.3, 0.4) is 0 Å². The van der Waals surface area contributed by atoms with Gasteiger partial charge in [-0.3, -0.25) is 4.99 Å². The smallest absolute Gasteiger partial charge is 0.231 e. The molecule has 0 aliphatic carbocycles. The molecule has 0 bridgehead atoms. The highest BCUT2D eigenvalue weighted by atomic mass is 16.7. The first kappa shape index (κ1) is 7.82. The van der Waals surface area contributed by atoms with Crippen molar-refractivity contribution in [3.05, 3.63) is 23.8 Å². The molecule has 1 aromatic rings. The standard InChI is InChI=1S/C10H9NO3/c12-4-7-10(11-7)6-1-2-8-9(3-6)14-5-13-8/h1-3,7,12H,4-5H2/t7-/m1/s1. The molecule has 2 aliphatic rings. The Morgan fingerprint density at radius 1 is 1.36 bits per heavy atom. The number of benzene rings is 1. The average molecular weight is 191 g/mol. The number of rotatable bonds is 2. The minimum absolute atomic E-state index is 0.00429. The number of aliphatic hydroxyl groups excluding tert-OH is 1. The molecule has 0 fully saturated rings. The number of hydrogen-bond acceptors (Lipinski definition) is 4. The Balaban J connectivity index is 1.91. The number of aliphatic imine (C=N–C) groups is 1. The molecule has 2 aliphatic heterocycles. The van der Waals surface area contributed by atoms with Gasteiger partial charge >= 0.3 is 0 Å². The van der Waals surface area contributed by atoms with Gasteiger partial charge in [-0.25, -0.2) is 0 Å². The molecule has 0 aromatic heterocycles. The first-order valence-corrected chi connectivity index (χ1v) is 4.47. The van der Waals surface area contributed by atoms with Gasteiger partial charge in [-0.15, -0.1) is 0 Å². The molecule has 0 radical (unpaired) electrons. The van der Waals surface area contributed by atoms with Crippen LogP contribution >= 0.6 is 0 Å². The third kappa shape index (κ3) is 1.08. The molecule has 3 rings (SSSR count). The number of fused-ring (bicyclic) bond motifs is 1. The lowest BCUT2D eigenvalue weighted by molar-refractivity contribution is 0.174. The molecule has 0 spiro atoms. The van der Waals surface area contributed by atoms with Crippen LogP contribution in [-0.4, -0.2) is 30.3 Å². The highest BCUT2D eigenvalue weighted by molar-refractivity contribution is 6.13. The van der Waals surface area contributed by atoms with Crippen LogP contribution in [0.25, 0.3) is 0 Å². The average Bonchev–Trinajstić information content (AvgIpc) is 2.87. The van der Waals surface area contributed by atoms with Crippen LogP contribution in [0.1, 0.15) is 5.56 Å². The molecule has 0 amide bonds. The van der Waals surface area contributed by atoms with Crippen molar-refractivity contribution in [3.8, 4) is 11.5 Å². The van der Waals surface area contributed by atoms with E-state index in [0.29, 0.717) is 0 Å². The molecule has 4 heteroatoms. The first-order chi connectivity index (χ1) is 6.88. The molecular formula is C10H9NO3. The molecule has 0 unspecified atom stereocenters. The van der Waals surface area contributed by atoms with E-state index >= 15 is 0 Å². The molecule has 72 valence electrons. The van der Waals surface area contributed by atoms with Gasteiger partial charge in [0.1, 0.15) is 6.04 Å². The van der Waals surface area contributed by atoms with Crippen LogP contribution in [0.5, 0.6) is 11.5 Å². The Kier molecular flexibility index (Phi) is 1.52. The van der Waals surface area contributed by atoms with E-state index in [-0.39, 0.29) is 19.4 Å². The predicted octanol–water partition coefficient (Wildman–Crippen LogP) is 0.579. The van der Waals surface area contributed by atoms with E-state index in [9.17, 15) is 0 Å². The lowest BCUT2D eigenvalue weighted by atomic mass is 10.1. The summed E-state index contributed by atoms with van der Waals surface area (Å²) in [5.74, 6) is 1.53. The van der Waals surface area contributed by atoms with Crippen molar-refractivity contribution < 1.29 is 14.6 Å². The van der Waals surface area contributed by atoms with Gasteiger partial charge in [0.2, 0.25) is 6.79 Å². The van der Waals surface area contributed by atoms with Crippen LogP contribution in [0.2, 0.25) is 0 Å². The summed E-state index contributed by atoms with van der Waals surface area (Å²) < 4.78 is 10.4. The lowest BCUT2D eigenvalue weighted by Gasteiger charge is -1.97. The summed E-state index contributed by atoms with van der Waals surface area (Å²) in [4.78, 5) is 4.14. The predicted molar refractivity (Wildman–Crippen MR) is 50.0 cm³/mol. The van der Waals surface area contributed by atoms with Gasteiger partial charge in [0, 0.05) is 5.56 Å². The van der Waals surface area contributed by atoms with Crippen LogP contribution in [0.15, 0.2) is 23.2 Å². The fourth-order valence-corrected chi connectivity index (χ4v) is 1.58.